The average Bonchev–Trinajstić information content (AvgIpc) is 3.08. The number of benzene rings is 1. The number of nitrogens with zero attached hydrogens (tertiary/aromatic N) is 1. The van der Waals surface area contributed by atoms with Crippen molar-refractivity contribution < 1.29 is 4.74 Å². The van der Waals surface area contributed by atoms with Gasteiger partial charge in [-0.1, -0.05) is 27.7 Å². The number of ether oxygens (including phenoxy) is 1. The predicted molar refractivity (Wildman–Crippen MR) is 78.8 cm³/mol. The zero-order valence-electron chi connectivity index (χ0n) is 10.2. The Bertz CT molecular complexity index is 565. The summed E-state index contributed by atoms with van der Waals surface area (Å²) in [4.78, 5) is 7.94. The lowest BCUT2D eigenvalue weighted by Crippen LogP contribution is -2.05. The van der Waals surface area contributed by atoms with Gasteiger partial charge in [-0.25, -0.2) is 4.98 Å². The van der Waals surface area contributed by atoms with Crippen molar-refractivity contribution in [3.63, 3.8) is 0 Å². The molecule has 0 saturated heterocycles. The molecule has 1 saturated carbocycles. The summed E-state index contributed by atoms with van der Waals surface area (Å²) in [5.74, 6) is 2.00. The van der Waals surface area contributed by atoms with E-state index in [1.165, 1.54) is 12.8 Å². The molecule has 18 heavy (non-hydrogen) atoms. The van der Waals surface area contributed by atoms with Crippen LogP contribution in [-0.4, -0.2) is 28.2 Å². The molecule has 3 nitrogen and oxygen atoms in total. The van der Waals surface area contributed by atoms with E-state index in [4.69, 9.17) is 4.74 Å². The fourth-order valence-corrected chi connectivity index (χ4v) is 4.08. The van der Waals surface area contributed by atoms with Gasteiger partial charge in [0.1, 0.15) is 5.75 Å². The van der Waals surface area contributed by atoms with Gasteiger partial charge >= 0.3 is 0 Å². The number of alkyl halides is 1. The molecule has 0 amide bonds. The molecule has 1 fully saturated rings. The minimum Gasteiger partial charge on any atom is -0.497 e. The molecule has 0 radical (unpaired) electrons. The van der Waals surface area contributed by atoms with Gasteiger partial charge in [-0.3, -0.25) is 0 Å². The maximum absolute atomic E-state index is 5.21. The maximum atomic E-state index is 5.21. The second kappa shape index (κ2) is 4.78. The Morgan fingerprint density at radius 3 is 3.00 bits per heavy atom. The molecule has 3 rings (SSSR count). The summed E-state index contributed by atoms with van der Waals surface area (Å²) in [5, 5.41) is 2.10. The van der Waals surface area contributed by atoms with Crippen LogP contribution < -0.4 is 4.74 Å². The zero-order valence-corrected chi connectivity index (χ0v) is 12.6. The summed E-state index contributed by atoms with van der Waals surface area (Å²) in [7, 11) is 1.68. The van der Waals surface area contributed by atoms with Gasteiger partial charge in [-0.15, -0.1) is 0 Å². The van der Waals surface area contributed by atoms with E-state index >= 15 is 0 Å². The third kappa shape index (κ3) is 2.38. The van der Waals surface area contributed by atoms with Crippen molar-refractivity contribution in [3.05, 3.63) is 18.2 Å². The molecule has 0 aliphatic heterocycles. The number of nitrogens with one attached hydrogen (secondary N) is 1. The molecular formula is C13H15BrN2OS. The number of imidazole rings is 1. The fourth-order valence-electron chi connectivity index (χ4n) is 1.88. The molecular weight excluding hydrogens is 312 g/mol. The van der Waals surface area contributed by atoms with Crippen molar-refractivity contribution in [2.75, 3.05) is 18.2 Å². The van der Waals surface area contributed by atoms with Crippen LogP contribution in [0.4, 0.5) is 0 Å². The number of rotatable bonds is 5. The van der Waals surface area contributed by atoms with Crippen molar-refractivity contribution >= 4 is 38.7 Å². The standard InChI is InChI=1S/C13H15BrN2OS/c1-17-9-2-3-10-11(6-9)16-12(15-10)18-8-13(7-14)4-5-13/h2-3,6H,4-5,7-8H2,1H3,(H,15,16). The second-order valence-electron chi connectivity index (χ2n) is 4.85. The summed E-state index contributed by atoms with van der Waals surface area (Å²) >= 11 is 5.42. The highest BCUT2D eigenvalue weighted by molar-refractivity contribution is 9.09. The van der Waals surface area contributed by atoms with Gasteiger partial charge in [0.05, 0.1) is 18.1 Å². The average molecular weight is 327 g/mol. The summed E-state index contributed by atoms with van der Waals surface area (Å²) in [6.45, 7) is 0. The van der Waals surface area contributed by atoms with E-state index in [2.05, 4.69) is 25.9 Å². The Balaban J connectivity index is 1.76. The zero-order chi connectivity index (χ0) is 12.6. The molecule has 1 aliphatic carbocycles. The minimum atomic E-state index is 0.515. The van der Waals surface area contributed by atoms with Gasteiger partial charge in [0.25, 0.3) is 0 Å². The van der Waals surface area contributed by atoms with Crippen molar-refractivity contribution in [1.82, 2.24) is 9.97 Å². The molecule has 0 atom stereocenters. The van der Waals surface area contributed by atoms with Crippen LogP contribution in [0.5, 0.6) is 5.75 Å². The van der Waals surface area contributed by atoms with Crippen molar-refractivity contribution in [1.29, 1.82) is 0 Å². The topological polar surface area (TPSA) is 37.9 Å². The first-order valence-electron chi connectivity index (χ1n) is 5.97. The van der Waals surface area contributed by atoms with Crippen molar-refractivity contribution in [3.8, 4) is 5.75 Å². The van der Waals surface area contributed by atoms with Crippen LogP contribution in [0, 0.1) is 5.41 Å². The molecule has 5 heteroatoms. The number of methoxy groups -OCH3 is 1. The van der Waals surface area contributed by atoms with Gasteiger partial charge in [-0.05, 0) is 30.4 Å². The highest BCUT2D eigenvalue weighted by Crippen LogP contribution is 2.50. The Kier molecular flexibility index (Phi) is 3.28. The summed E-state index contributed by atoms with van der Waals surface area (Å²) < 4.78 is 5.21. The molecule has 0 bridgehead atoms. The lowest BCUT2D eigenvalue weighted by Gasteiger charge is -2.08. The van der Waals surface area contributed by atoms with Crippen LogP contribution in [0.3, 0.4) is 0 Å². The molecule has 1 N–H and O–H groups in total. The quantitative estimate of drug-likeness (QED) is 0.670. The molecule has 0 spiro atoms. The van der Waals surface area contributed by atoms with Crippen molar-refractivity contribution in [2.45, 2.75) is 18.0 Å². The molecule has 1 aromatic heterocycles. The van der Waals surface area contributed by atoms with Gasteiger partial charge in [0.15, 0.2) is 5.16 Å². The fraction of sp³-hybridized carbons (Fsp3) is 0.462. The first kappa shape index (κ1) is 12.4. The van der Waals surface area contributed by atoms with E-state index in [1.807, 2.05) is 30.0 Å². The monoisotopic (exact) mass is 326 g/mol. The largest absolute Gasteiger partial charge is 0.497 e. The summed E-state index contributed by atoms with van der Waals surface area (Å²) in [6.07, 6.45) is 2.67. The molecule has 0 unspecified atom stereocenters. The third-order valence-corrected chi connectivity index (χ3v) is 5.84. The van der Waals surface area contributed by atoms with E-state index in [0.29, 0.717) is 5.41 Å². The van der Waals surface area contributed by atoms with E-state index in [-0.39, 0.29) is 0 Å². The minimum absolute atomic E-state index is 0.515. The number of hydrogen-bond acceptors (Lipinski definition) is 3. The molecule has 1 aromatic carbocycles. The highest BCUT2D eigenvalue weighted by atomic mass is 79.9. The van der Waals surface area contributed by atoms with E-state index in [1.54, 1.807) is 7.11 Å². The number of aromatic amines is 1. The van der Waals surface area contributed by atoms with Crippen molar-refractivity contribution in [2.24, 2.45) is 5.41 Å². The summed E-state index contributed by atoms with van der Waals surface area (Å²) in [6, 6.07) is 5.92. The lowest BCUT2D eigenvalue weighted by molar-refractivity contribution is 0.415. The van der Waals surface area contributed by atoms with E-state index in [0.717, 1.165) is 33.0 Å². The van der Waals surface area contributed by atoms with Gasteiger partial charge < -0.3 is 9.72 Å². The highest BCUT2D eigenvalue weighted by Gasteiger charge is 2.41. The Morgan fingerprint density at radius 2 is 2.33 bits per heavy atom. The van der Waals surface area contributed by atoms with Gasteiger partial charge in [0.2, 0.25) is 0 Å². The normalized spacial score (nSPS) is 17.0. The molecule has 2 aromatic rings. The van der Waals surface area contributed by atoms with Crippen LogP contribution >= 0.6 is 27.7 Å². The number of H-pyrrole nitrogens is 1. The first-order valence-corrected chi connectivity index (χ1v) is 8.08. The maximum Gasteiger partial charge on any atom is 0.166 e. The predicted octanol–water partition coefficient (Wildman–Crippen LogP) is 3.84. The SMILES string of the molecule is COc1ccc2nc(SCC3(CBr)CC3)[nH]c2c1. The van der Waals surface area contributed by atoms with E-state index < -0.39 is 0 Å². The number of aromatic nitrogens is 2. The van der Waals surface area contributed by atoms with Gasteiger partial charge in [-0.2, -0.15) is 0 Å². The van der Waals surface area contributed by atoms with Crippen LogP contribution in [-0.2, 0) is 0 Å². The van der Waals surface area contributed by atoms with Gasteiger partial charge in [0, 0.05) is 17.1 Å². The Labute approximate surface area is 119 Å². The number of thioether (sulfide) groups is 1. The summed E-state index contributed by atoms with van der Waals surface area (Å²) in [5.41, 5.74) is 2.56. The lowest BCUT2D eigenvalue weighted by atomic mass is 10.2. The molecule has 1 heterocycles. The molecule has 1 aliphatic rings. The van der Waals surface area contributed by atoms with Crippen LogP contribution in [0.15, 0.2) is 23.4 Å². The van der Waals surface area contributed by atoms with Crippen LogP contribution in [0.2, 0.25) is 0 Å². The number of fused-ring (bicyclic) bond motifs is 1. The number of hydrogen-bond donors (Lipinski definition) is 1. The number of halogens is 1. The third-order valence-electron chi connectivity index (χ3n) is 3.42. The van der Waals surface area contributed by atoms with E-state index in [9.17, 15) is 0 Å². The smallest absolute Gasteiger partial charge is 0.166 e. The Hall–Kier alpha value is -0.680. The van der Waals surface area contributed by atoms with Crippen LogP contribution in [0.25, 0.3) is 11.0 Å². The Morgan fingerprint density at radius 1 is 1.50 bits per heavy atom. The molecule has 96 valence electrons. The van der Waals surface area contributed by atoms with Crippen LogP contribution in [0.1, 0.15) is 12.8 Å². The second-order valence-corrected chi connectivity index (χ2v) is 6.37. The first-order chi connectivity index (χ1) is 8.74.